The third kappa shape index (κ3) is 2.68. The van der Waals surface area contributed by atoms with Gasteiger partial charge in [-0.1, -0.05) is 13.8 Å². The molecular formula is C15H25NO6. The second-order valence-electron chi connectivity index (χ2n) is 6.67. The molecule has 0 amide bonds. The minimum absolute atomic E-state index is 0.148. The number of aliphatic hydroxyl groups is 3. The van der Waals surface area contributed by atoms with Gasteiger partial charge >= 0.3 is 5.97 Å². The van der Waals surface area contributed by atoms with Gasteiger partial charge in [0, 0.05) is 12.0 Å². The summed E-state index contributed by atoms with van der Waals surface area (Å²) in [7, 11) is 0. The van der Waals surface area contributed by atoms with Crippen LogP contribution in [0.25, 0.3) is 0 Å². The molecule has 0 aromatic carbocycles. The van der Waals surface area contributed by atoms with Gasteiger partial charge < -0.3 is 29.9 Å². The number of esters is 1. The molecule has 5 atom stereocenters. The van der Waals surface area contributed by atoms with Crippen molar-refractivity contribution in [2.24, 2.45) is 5.92 Å². The van der Waals surface area contributed by atoms with Crippen molar-refractivity contribution in [2.75, 3.05) is 19.7 Å². The average Bonchev–Trinajstić information content (AvgIpc) is 2.92. The van der Waals surface area contributed by atoms with Gasteiger partial charge in [0.15, 0.2) is 5.60 Å². The predicted octanol–water partition coefficient (Wildman–Crippen LogP) is -0.315. The lowest BCUT2D eigenvalue weighted by atomic mass is 9.85. The first-order valence-electron chi connectivity index (χ1n) is 7.65. The molecule has 7 nitrogen and oxygen atoms in total. The van der Waals surface area contributed by atoms with E-state index in [9.17, 15) is 25.3 Å². The maximum absolute atomic E-state index is 12.4. The Bertz CT molecular complexity index is 467. The fourth-order valence-corrected chi connectivity index (χ4v) is 3.41. The van der Waals surface area contributed by atoms with Crippen molar-refractivity contribution in [1.29, 1.82) is 0 Å². The van der Waals surface area contributed by atoms with Gasteiger partial charge in [0.2, 0.25) is 0 Å². The van der Waals surface area contributed by atoms with E-state index in [1.807, 2.05) is 0 Å². The molecule has 2 heterocycles. The lowest BCUT2D eigenvalue weighted by molar-refractivity contribution is -0.877. The Morgan fingerprint density at radius 3 is 2.73 bits per heavy atom. The van der Waals surface area contributed by atoms with Crippen LogP contribution < -0.4 is 0 Å². The van der Waals surface area contributed by atoms with Crippen molar-refractivity contribution in [3.63, 3.8) is 0 Å². The first-order valence-corrected chi connectivity index (χ1v) is 7.65. The van der Waals surface area contributed by atoms with Crippen molar-refractivity contribution >= 4 is 5.97 Å². The summed E-state index contributed by atoms with van der Waals surface area (Å²) in [5.41, 5.74) is -1.40. The number of ether oxygens (including phenoxy) is 1. The molecule has 1 unspecified atom stereocenters. The lowest BCUT2D eigenvalue weighted by Crippen LogP contribution is -2.53. The summed E-state index contributed by atoms with van der Waals surface area (Å²) in [4.78, 5) is 12.2. The number of rotatable bonds is 5. The van der Waals surface area contributed by atoms with Crippen LogP contribution in [-0.4, -0.2) is 69.5 Å². The highest BCUT2D eigenvalue weighted by atomic mass is 16.6. The van der Waals surface area contributed by atoms with Gasteiger partial charge in [-0.25, -0.2) is 4.79 Å². The van der Waals surface area contributed by atoms with E-state index in [0.717, 1.165) is 0 Å². The maximum Gasteiger partial charge on any atom is 0.341 e. The number of hydroxylamine groups is 3. The number of quaternary nitrogens is 1. The van der Waals surface area contributed by atoms with Crippen LogP contribution in [0.2, 0.25) is 0 Å². The van der Waals surface area contributed by atoms with Gasteiger partial charge in [-0.2, -0.15) is 0 Å². The van der Waals surface area contributed by atoms with Gasteiger partial charge in [0.25, 0.3) is 0 Å². The molecule has 1 fully saturated rings. The predicted molar refractivity (Wildman–Crippen MR) is 78.3 cm³/mol. The summed E-state index contributed by atoms with van der Waals surface area (Å²) in [6, 6.07) is -0.591. The fraction of sp³-hybridized carbons (Fsp3) is 0.800. The Hall–Kier alpha value is -0.990. The van der Waals surface area contributed by atoms with E-state index in [4.69, 9.17) is 4.74 Å². The first-order chi connectivity index (χ1) is 10.1. The van der Waals surface area contributed by atoms with Gasteiger partial charge in [-0.05, 0) is 18.9 Å². The minimum Gasteiger partial charge on any atom is -0.632 e. The molecule has 7 heteroatoms. The topological polar surface area (TPSA) is 110 Å². The van der Waals surface area contributed by atoms with Gasteiger partial charge in [0.1, 0.15) is 18.8 Å². The number of fused-ring (bicyclic) bond motifs is 1. The van der Waals surface area contributed by atoms with Crippen LogP contribution in [0.1, 0.15) is 27.2 Å². The summed E-state index contributed by atoms with van der Waals surface area (Å²) in [6.07, 6.45) is 0.127. The summed E-state index contributed by atoms with van der Waals surface area (Å²) in [5.74, 6) is -1.44. The molecular weight excluding hydrogens is 290 g/mol. The van der Waals surface area contributed by atoms with Crippen LogP contribution in [0.15, 0.2) is 11.6 Å². The van der Waals surface area contributed by atoms with Crippen molar-refractivity contribution in [1.82, 2.24) is 0 Å². The molecule has 2 rings (SSSR count). The van der Waals surface area contributed by atoms with Crippen molar-refractivity contribution < 1.29 is 29.5 Å². The van der Waals surface area contributed by atoms with Crippen LogP contribution in [-0.2, 0) is 9.53 Å². The smallest absolute Gasteiger partial charge is 0.341 e. The molecule has 0 aromatic heterocycles. The number of nitrogens with zero attached hydrogens (tertiary/aromatic N) is 1. The van der Waals surface area contributed by atoms with E-state index in [0.29, 0.717) is 18.5 Å². The highest BCUT2D eigenvalue weighted by Crippen LogP contribution is 2.36. The zero-order chi connectivity index (χ0) is 16.7. The van der Waals surface area contributed by atoms with E-state index < -0.39 is 40.4 Å². The molecule has 22 heavy (non-hydrogen) atoms. The molecule has 0 radical (unpaired) electrons. The van der Waals surface area contributed by atoms with Crippen LogP contribution in [0.5, 0.6) is 0 Å². The number of aliphatic hydroxyl groups excluding tert-OH is 2. The summed E-state index contributed by atoms with van der Waals surface area (Å²) < 4.78 is 4.64. The zero-order valence-corrected chi connectivity index (χ0v) is 13.2. The second-order valence-corrected chi connectivity index (χ2v) is 6.67. The Kier molecular flexibility index (Phi) is 4.66. The van der Waals surface area contributed by atoms with E-state index in [1.54, 1.807) is 19.9 Å². The molecule has 0 bridgehead atoms. The van der Waals surface area contributed by atoms with E-state index in [-0.39, 0.29) is 13.2 Å². The molecule has 126 valence electrons. The highest BCUT2D eigenvalue weighted by Gasteiger charge is 2.49. The molecule has 2 aliphatic heterocycles. The molecule has 0 aliphatic carbocycles. The Morgan fingerprint density at radius 1 is 1.55 bits per heavy atom. The average molecular weight is 315 g/mol. The molecule has 0 aromatic rings. The number of carbonyl (C=O) groups excluding carboxylic acids is 1. The Labute approximate surface area is 130 Å². The molecule has 3 N–H and O–H groups in total. The minimum atomic E-state index is -1.99. The van der Waals surface area contributed by atoms with Crippen LogP contribution >= 0.6 is 0 Å². The SMILES string of the molecule is CC(C)[C@@](O)(C(=O)OCC1=CC[N+]2([O-])CC[C@H](O)[C@@H]12)[C@@H](C)O. The van der Waals surface area contributed by atoms with Crippen molar-refractivity contribution in [2.45, 2.75) is 51.0 Å². The summed E-state index contributed by atoms with van der Waals surface area (Å²) in [5, 5.41) is 42.4. The highest BCUT2D eigenvalue weighted by molar-refractivity contribution is 5.80. The monoisotopic (exact) mass is 315 g/mol. The quantitative estimate of drug-likeness (QED) is 0.278. The van der Waals surface area contributed by atoms with Gasteiger partial charge in [-0.3, -0.25) is 0 Å². The molecule has 2 aliphatic rings. The lowest BCUT2D eigenvalue weighted by Gasteiger charge is -2.40. The van der Waals surface area contributed by atoms with Crippen LogP contribution in [0.3, 0.4) is 0 Å². The number of hydrogen-bond acceptors (Lipinski definition) is 6. The first kappa shape index (κ1) is 17.4. The number of hydrogen-bond donors (Lipinski definition) is 3. The van der Waals surface area contributed by atoms with Gasteiger partial charge in [-0.15, -0.1) is 0 Å². The fourth-order valence-electron chi connectivity index (χ4n) is 3.41. The zero-order valence-electron chi connectivity index (χ0n) is 13.2. The summed E-state index contributed by atoms with van der Waals surface area (Å²) >= 11 is 0. The Morgan fingerprint density at radius 2 is 2.18 bits per heavy atom. The number of carbonyl (C=O) groups is 1. The van der Waals surface area contributed by atoms with Crippen molar-refractivity contribution in [3.05, 3.63) is 16.9 Å². The molecule has 0 spiro atoms. The summed E-state index contributed by atoms with van der Waals surface area (Å²) in [6.45, 7) is 5.02. The van der Waals surface area contributed by atoms with E-state index in [1.165, 1.54) is 6.92 Å². The standard InChI is InChI=1S/C15H25NO6/c1-9(2)15(20,10(3)17)14(19)22-8-11-4-6-16(21)7-5-12(18)13(11)16/h4,9-10,12-13,17-18,20H,5-8H2,1-3H3/t10-,12+,13-,15+,16?/m1/s1. The molecule has 0 saturated carbocycles. The normalized spacial score (nSPS) is 35.0. The third-order valence-electron chi connectivity index (χ3n) is 4.93. The van der Waals surface area contributed by atoms with E-state index in [2.05, 4.69) is 0 Å². The molecule has 1 saturated heterocycles. The maximum atomic E-state index is 12.4. The third-order valence-corrected chi connectivity index (χ3v) is 4.93. The largest absolute Gasteiger partial charge is 0.632 e. The van der Waals surface area contributed by atoms with Gasteiger partial charge in [0.05, 0.1) is 19.2 Å². The second kappa shape index (κ2) is 5.90. The van der Waals surface area contributed by atoms with Crippen LogP contribution in [0, 0.1) is 11.1 Å². The van der Waals surface area contributed by atoms with E-state index >= 15 is 0 Å². The van der Waals surface area contributed by atoms with Crippen molar-refractivity contribution in [3.8, 4) is 0 Å². The Balaban J connectivity index is 2.03. The van der Waals surface area contributed by atoms with Crippen LogP contribution in [0.4, 0.5) is 0 Å².